The molecule has 0 fully saturated rings. The molecule has 0 saturated heterocycles. The van der Waals surface area contributed by atoms with E-state index in [2.05, 4.69) is 0 Å². The molecule has 0 unspecified atom stereocenters. The van der Waals surface area contributed by atoms with E-state index < -0.39 is 41.3 Å². The van der Waals surface area contributed by atoms with Gasteiger partial charge >= 0.3 is 0 Å². The van der Waals surface area contributed by atoms with Gasteiger partial charge in [-0.2, -0.15) is 8.42 Å². The molecule has 9 heteroatoms. The molecule has 0 saturated carbocycles. The molecule has 2 aromatic carbocycles. The highest BCUT2D eigenvalue weighted by molar-refractivity contribution is 7.89. The first-order valence-corrected chi connectivity index (χ1v) is 9.84. The van der Waals surface area contributed by atoms with Crippen LogP contribution in [-0.2, 0) is 20.1 Å². The first kappa shape index (κ1) is 18.5. The molecule has 0 aromatic heterocycles. The Morgan fingerprint density at radius 2 is 1.62 bits per heavy atom. The maximum Gasteiger partial charge on any atom is 0.295 e. The summed E-state index contributed by atoms with van der Waals surface area (Å²) in [6.07, 6.45) is 0. The highest BCUT2D eigenvalue weighted by Crippen LogP contribution is 2.36. The molecule has 0 radical (unpaired) electrons. The van der Waals surface area contributed by atoms with Gasteiger partial charge in [0.25, 0.3) is 10.1 Å². The smallest absolute Gasteiger partial charge is 0.282 e. The molecule has 0 bridgehead atoms. The van der Waals surface area contributed by atoms with Crippen molar-refractivity contribution in [3.8, 4) is 11.1 Å². The number of hydrogen-bond donors (Lipinski definition) is 2. The molecular weight excluding hydrogens is 357 g/mol. The van der Waals surface area contributed by atoms with Crippen molar-refractivity contribution in [2.75, 3.05) is 0 Å². The normalized spacial score (nSPS) is 12.6. The zero-order valence-electron chi connectivity index (χ0n) is 12.9. The van der Waals surface area contributed by atoms with Gasteiger partial charge in [-0.05, 0) is 35.7 Å². The summed E-state index contributed by atoms with van der Waals surface area (Å²) in [5.41, 5.74) is -0.0853. The van der Waals surface area contributed by atoms with Crippen molar-refractivity contribution in [1.82, 2.24) is 0 Å². The number of nitrogens with two attached hydrogens (primary N) is 1. The number of benzene rings is 2. The fourth-order valence-corrected chi connectivity index (χ4v) is 3.89. The van der Waals surface area contributed by atoms with E-state index in [1.54, 1.807) is 0 Å². The highest BCUT2D eigenvalue weighted by atomic mass is 32.2. The lowest BCUT2D eigenvalue weighted by molar-refractivity contribution is 0.483. The van der Waals surface area contributed by atoms with Crippen LogP contribution < -0.4 is 5.14 Å². The van der Waals surface area contributed by atoms with E-state index in [0.717, 1.165) is 24.3 Å². The highest BCUT2D eigenvalue weighted by Gasteiger charge is 2.26. The lowest BCUT2D eigenvalue weighted by Gasteiger charge is -2.15. The SMILES string of the molecule is CC(C)c1ccc(F)c(-c2c(S(N)(=O)=O)cccc2S(=O)(=O)O)c1. The van der Waals surface area contributed by atoms with Crippen molar-refractivity contribution < 1.29 is 25.8 Å². The fraction of sp³-hybridized carbons (Fsp3) is 0.200. The topological polar surface area (TPSA) is 115 Å². The standard InChI is InChI=1S/C15H16FNO5S2/c1-9(2)10-6-7-12(16)11(8-10)15-13(23(17,18)19)4-3-5-14(15)24(20,21)22/h3-9H,1-2H3,(H2,17,18,19)(H,20,21,22). The lowest BCUT2D eigenvalue weighted by atomic mass is 9.97. The van der Waals surface area contributed by atoms with Gasteiger partial charge in [-0.3, -0.25) is 4.55 Å². The monoisotopic (exact) mass is 373 g/mol. The van der Waals surface area contributed by atoms with Crippen LogP contribution in [0.4, 0.5) is 4.39 Å². The minimum atomic E-state index is -4.80. The summed E-state index contributed by atoms with van der Waals surface area (Å²) in [5.74, 6) is -0.847. The first-order chi connectivity index (χ1) is 10.9. The van der Waals surface area contributed by atoms with Gasteiger partial charge < -0.3 is 0 Å². The average Bonchev–Trinajstić information content (AvgIpc) is 2.45. The quantitative estimate of drug-likeness (QED) is 0.799. The van der Waals surface area contributed by atoms with E-state index in [4.69, 9.17) is 5.14 Å². The van der Waals surface area contributed by atoms with Crippen LogP contribution in [0.2, 0.25) is 0 Å². The predicted octanol–water partition coefficient (Wildman–Crippen LogP) is 2.51. The summed E-state index contributed by atoms with van der Waals surface area (Å²) in [6.45, 7) is 3.68. The number of halogens is 1. The summed E-state index contributed by atoms with van der Waals surface area (Å²) < 4.78 is 70.6. The van der Waals surface area contributed by atoms with Crippen LogP contribution in [0.3, 0.4) is 0 Å². The molecular formula is C15H16FNO5S2. The van der Waals surface area contributed by atoms with Gasteiger partial charge in [-0.15, -0.1) is 0 Å². The van der Waals surface area contributed by atoms with E-state index >= 15 is 0 Å². The van der Waals surface area contributed by atoms with Gasteiger partial charge in [0.05, 0.1) is 4.90 Å². The van der Waals surface area contributed by atoms with Crippen molar-refractivity contribution in [2.45, 2.75) is 29.6 Å². The average molecular weight is 373 g/mol. The number of sulfonamides is 1. The van der Waals surface area contributed by atoms with Crippen LogP contribution in [-0.4, -0.2) is 21.4 Å². The van der Waals surface area contributed by atoms with Gasteiger partial charge in [-0.1, -0.05) is 26.0 Å². The molecule has 0 atom stereocenters. The van der Waals surface area contributed by atoms with Gasteiger partial charge in [0.15, 0.2) is 0 Å². The van der Waals surface area contributed by atoms with Gasteiger partial charge in [0, 0.05) is 11.1 Å². The van der Waals surface area contributed by atoms with Crippen molar-refractivity contribution in [3.05, 3.63) is 47.8 Å². The van der Waals surface area contributed by atoms with Crippen LogP contribution in [0.25, 0.3) is 11.1 Å². The van der Waals surface area contributed by atoms with Crippen LogP contribution >= 0.6 is 0 Å². The Bertz CT molecular complexity index is 948. The summed E-state index contributed by atoms with van der Waals surface area (Å²) >= 11 is 0. The van der Waals surface area contributed by atoms with Gasteiger partial charge in [0.2, 0.25) is 10.0 Å². The zero-order chi connectivity index (χ0) is 18.3. The maximum absolute atomic E-state index is 14.3. The molecule has 0 spiro atoms. The Hall–Kier alpha value is -1.81. The van der Waals surface area contributed by atoms with E-state index in [-0.39, 0.29) is 11.5 Å². The third kappa shape index (κ3) is 3.64. The molecule has 0 heterocycles. The van der Waals surface area contributed by atoms with Crippen molar-refractivity contribution in [1.29, 1.82) is 0 Å². The molecule has 130 valence electrons. The van der Waals surface area contributed by atoms with Crippen LogP contribution in [0.1, 0.15) is 25.3 Å². The summed E-state index contributed by atoms with van der Waals surface area (Å²) in [7, 11) is -9.16. The molecule has 24 heavy (non-hydrogen) atoms. The second kappa shape index (κ2) is 6.25. The van der Waals surface area contributed by atoms with Gasteiger partial charge in [0.1, 0.15) is 10.7 Å². The molecule has 2 rings (SSSR count). The Labute approximate surface area is 139 Å². The summed E-state index contributed by atoms with van der Waals surface area (Å²) in [5, 5.41) is 5.13. The second-order valence-electron chi connectivity index (χ2n) is 5.54. The van der Waals surface area contributed by atoms with E-state index in [1.807, 2.05) is 13.8 Å². The minimum absolute atomic E-state index is 0.0137. The molecule has 0 amide bonds. The first-order valence-electron chi connectivity index (χ1n) is 6.86. The lowest BCUT2D eigenvalue weighted by Crippen LogP contribution is -2.15. The van der Waals surface area contributed by atoms with Crippen molar-refractivity contribution in [2.24, 2.45) is 5.14 Å². The molecule has 0 aliphatic carbocycles. The second-order valence-corrected chi connectivity index (χ2v) is 8.46. The third-order valence-electron chi connectivity index (χ3n) is 3.50. The number of hydrogen-bond acceptors (Lipinski definition) is 4. The van der Waals surface area contributed by atoms with Crippen LogP contribution in [0, 0.1) is 5.82 Å². The fourth-order valence-electron chi connectivity index (χ4n) is 2.32. The van der Waals surface area contributed by atoms with Crippen LogP contribution in [0.5, 0.6) is 0 Å². The molecule has 3 N–H and O–H groups in total. The minimum Gasteiger partial charge on any atom is -0.282 e. The number of rotatable bonds is 4. The summed E-state index contributed by atoms with van der Waals surface area (Å²) in [4.78, 5) is -1.31. The molecule has 2 aromatic rings. The van der Waals surface area contributed by atoms with E-state index in [0.29, 0.717) is 5.56 Å². The zero-order valence-corrected chi connectivity index (χ0v) is 14.5. The van der Waals surface area contributed by atoms with Gasteiger partial charge in [-0.25, -0.2) is 17.9 Å². The molecule has 0 aliphatic heterocycles. The Morgan fingerprint density at radius 3 is 2.12 bits per heavy atom. The Kier molecular flexibility index (Phi) is 4.82. The Morgan fingerprint density at radius 1 is 1.04 bits per heavy atom. The maximum atomic E-state index is 14.3. The van der Waals surface area contributed by atoms with Crippen molar-refractivity contribution in [3.63, 3.8) is 0 Å². The molecule has 6 nitrogen and oxygen atoms in total. The summed E-state index contributed by atoms with van der Waals surface area (Å²) in [6, 6.07) is 7.12. The van der Waals surface area contributed by atoms with E-state index in [9.17, 15) is 25.8 Å². The largest absolute Gasteiger partial charge is 0.295 e. The number of primary sulfonamides is 1. The van der Waals surface area contributed by atoms with Crippen LogP contribution in [0.15, 0.2) is 46.2 Å². The molecule has 0 aliphatic rings. The third-order valence-corrected chi connectivity index (χ3v) is 5.35. The van der Waals surface area contributed by atoms with Crippen molar-refractivity contribution >= 4 is 20.1 Å². The predicted molar refractivity (Wildman–Crippen MR) is 87.1 cm³/mol. The van der Waals surface area contributed by atoms with E-state index in [1.165, 1.54) is 12.1 Å². The Balaban J connectivity index is 3.00.